The van der Waals surface area contributed by atoms with E-state index in [-0.39, 0.29) is 0 Å². The normalized spacial score (nSPS) is 10.8. The first kappa shape index (κ1) is 14.2. The standard InChI is InChI=1S/C13H18N6O/c1-18(9-12-15-6-7-19(12)2)8-10-4-3-5-11(16-10)13(20)17-14/h3-7H,8-9,14H2,1-2H3,(H,17,20). The van der Waals surface area contributed by atoms with Crippen LogP contribution in [0.1, 0.15) is 22.0 Å². The molecule has 2 rings (SSSR count). The first-order chi connectivity index (χ1) is 9.60. The van der Waals surface area contributed by atoms with E-state index in [1.165, 1.54) is 0 Å². The third-order valence-electron chi connectivity index (χ3n) is 2.93. The fourth-order valence-electron chi connectivity index (χ4n) is 1.89. The summed E-state index contributed by atoms with van der Waals surface area (Å²) in [6, 6.07) is 5.30. The van der Waals surface area contributed by atoms with E-state index in [9.17, 15) is 4.79 Å². The Bertz CT molecular complexity index is 594. The molecular weight excluding hydrogens is 256 g/mol. The molecule has 2 heterocycles. The van der Waals surface area contributed by atoms with Gasteiger partial charge in [0.2, 0.25) is 0 Å². The molecule has 0 atom stereocenters. The number of nitrogens with one attached hydrogen (secondary N) is 1. The van der Waals surface area contributed by atoms with Gasteiger partial charge in [0.1, 0.15) is 11.5 Å². The molecule has 0 aromatic carbocycles. The number of pyridine rings is 1. The molecule has 2 aromatic rings. The minimum Gasteiger partial charge on any atom is -0.337 e. The number of nitrogens with two attached hydrogens (primary N) is 1. The summed E-state index contributed by atoms with van der Waals surface area (Å²) >= 11 is 0. The maximum atomic E-state index is 11.4. The molecule has 2 aromatic heterocycles. The molecular formula is C13H18N6O. The summed E-state index contributed by atoms with van der Waals surface area (Å²) in [5.41, 5.74) is 3.20. The predicted molar refractivity (Wildman–Crippen MR) is 74.3 cm³/mol. The van der Waals surface area contributed by atoms with Crippen LogP contribution in [0, 0.1) is 0 Å². The molecule has 0 bridgehead atoms. The van der Waals surface area contributed by atoms with Crippen LogP contribution in [0.25, 0.3) is 0 Å². The number of nitrogen functional groups attached to an aromatic ring is 1. The second-order valence-electron chi connectivity index (χ2n) is 4.61. The second kappa shape index (κ2) is 6.27. The fourth-order valence-corrected chi connectivity index (χ4v) is 1.89. The number of nitrogens with zero attached hydrogens (tertiary/aromatic N) is 4. The minimum atomic E-state index is -0.390. The van der Waals surface area contributed by atoms with Crippen molar-refractivity contribution in [2.24, 2.45) is 12.9 Å². The SMILES string of the molecule is CN(Cc1cccc(C(=O)NN)n1)Cc1nccn1C. The maximum absolute atomic E-state index is 11.4. The number of hydrazine groups is 1. The summed E-state index contributed by atoms with van der Waals surface area (Å²) in [4.78, 5) is 22.1. The Labute approximate surface area is 117 Å². The van der Waals surface area contributed by atoms with Gasteiger partial charge < -0.3 is 4.57 Å². The van der Waals surface area contributed by atoms with Crippen molar-refractivity contribution in [2.75, 3.05) is 7.05 Å². The first-order valence-electron chi connectivity index (χ1n) is 6.21. The van der Waals surface area contributed by atoms with E-state index in [0.29, 0.717) is 18.8 Å². The molecule has 0 aliphatic carbocycles. The van der Waals surface area contributed by atoms with Crippen LogP contribution in [0.2, 0.25) is 0 Å². The molecule has 7 nitrogen and oxygen atoms in total. The molecule has 1 amide bonds. The quantitative estimate of drug-likeness (QED) is 0.457. The molecule has 0 saturated carbocycles. The van der Waals surface area contributed by atoms with E-state index < -0.39 is 5.91 Å². The number of carbonyl (C=O) groups excluding carboxylic acids is 1. The van der Waals surface area contributed by atoms with Crippen molar-refractivity contribution < 1.29 is 4.79 Å². The molecule has 0 saturated heterocycles. The molecule has 20 heavy (non-hydrogen) atoms. The molecule has 7 heteroatoms. The second-order valence-corrected chi connectivity index (χ2v) is 4.61. The Hall–Kier alpha value is -2.25. The van der Waals surface area contributed by atoms with E-state index in [1.54, 1.807) is 18.3 Å². The third kappa shape index (κ3) is 3.40. The Morgan fingerprint density at radius 1 is 1.45 bits per heavy atom. The maximum Gasteiger partial charge on any atom is 0.283 e. The number of hydrogen-bond donors (Lipinski definition) is 2. The van der Waals surface area contributed by atoms with Crippen LogP contribution in [0.15, 0.2) is 30.6 Å². The summed E-state index contributed by atoms with van der Waals surface area (Å²) < 4.78 is 1.97. The zero-order valence-corrected chi connectivity index (χ0v) is 11.6. The summed E-state index contributed by atoms with van der Waals surface area (Å²) in [5.74, 6) is 5.69. The summed E-state index contributed by atoms with van der Waals surface area (Å²) in [6.07, 6.45) is 3.68. The smallest absolute Gasteiger partial charge is 0.283 e. The lowest BCUT2D eigenvalue weighted by molar-refractivity contribution is 0.0948. The fraction of sp³-hybridized carbons (Fsp3) is 0.308. The Balaban J connectivity index is 2.02. The van der Waals surface area contributed by atoms with Crippen LogP contribution in [0.4, 0.5) is 0 Å². The molecule has 106 valence electrons. The van der Waals surface area contributed by atoms with Gasteiger partial charge in [0, 0.05) is 26.0 Å². The summed E-state index contributed by atoms with van der Waals surface area (Å²) in [6.45, 7) is 1.33. The highest BCUT2D eigenvalue weighted by Crippen LogP contribution is 2.06. The number of hydrogen-bond acceptors (Lipinski definition) is 5. The van der Waals surface area contributed by atoms with Crippen molar-refractivity contribution in [3.63, 3.8) is 0 Å². The van der Waals surface area contributed by atoms with Gasteiger partial charge in [0.05, 0.1) is 12.2 Å². The van der Waals surface area contributed by atoms with Gasteiger partial charge in [-0.05, 0) is 19.2 Å². The predicted octanol–water partition coefficient (Wildman–Crippen LogP) is 0.0506. The minimum absolute atomic E-state index is 0.315. The van der Waals surface area contributed by atoms with Crippen LogP contribution in [-0.4, -0.2) is 32.4 Å². The van der Waals surface area contributed by atoms with Crippen LogP contribution in [0.5, 0.6) is 0 Å². The molecule has 0 fully saturated rings. The number of carbonyl (C=O) groups is 1. The van der Waals surface area contributed by atoms with Gasteiger partial charge in [-0.2, -0.15) is 0 Å². The molecule has 0 unspecified atom stereocenters. The van der Waals surface area contributed by atoms with E-state index in [1.807, 2.05) is 30.9 Å². The van der Waals surface area contributed by atoms with E-state index in [4.69, 9.17) is 5.84 Å². The lowest BCUT2D eigenvalue weighted by Gasteiger charge is -2.16. The van der Waals surface area contributed by atoms with Crippen LogP contribution >= 0.6 is 0 Å². The van der Waals surface area contributed by atoms with Gasteiger partial charge in [0.25, 0.3) is 5.91 Å². The highest BCUT2D eigenvalue weighted by Gasteiger charge is 2.09. The topological polar surface area (TPSA) is 89.1 Å². The molecule has 0 spiro atoms. The average molecular weight is 274 g/mol. The van der Waals surface area contributed by atoms with Crippen molar-refractivity contribution in [3.05, 3.63) is 47.8 Å². The highest BCUT2D eigenvalue weighted by molar-refractivity contribution is 5.91. The number of amides is 1. The highest BCUT2D eigenvalue weighted by atomic mass is 16.2. The number of aromatic nitrogens is 3. The van der Waals surface area contributed by atoms with Crippen molar-refractivity contribution >= 4 is 5.91 Å². The van der Waals surface area contributed by atoms with Gasteiger partial charge in [-0.15, -0.1) is 0 Å². The first-order valence-corrected chi connectivity index (χ1v) is 6.21. The van der Waals surface area contributed by atoms with E-state index >= 15 is 0 Å². The van der Waals surface area contributed by atoms with E-state index in [0.717, 1.165) is 11.5 Å². The molecule has 3 N–H and O–H groups in total. The number of rotatable bonds is 5. The summed E-state index contributed by atoms with van der Waals surface area (Å²) in [7, 11) is 3.94. The zero-order chi connectivity index (χ0) is 14.5. The van der Waals surface area contributed by atoms with Crippen molar-refractivity contribution in [1.82, 2.24) is 24.9 Å². The largest absolute Gasteiger partial charge is 0.337 e. The molecule has 0 radical (unpaired) electrons. The third-order valence-corrected chi connectivity index (χ3v) is 2.93. The number of aryl methyl sites for hydroxylation is 1. The van der Waals surface area contributed by atoms with E-state index in [2.05, 4.69) is 20.3 Å². The molecule has 0 aliphatic rings. The lowest BCUT2D eigenvalue weighted by atomic mass is 10.3. The van der Waals surface area contributed by atoms with Gasteiger partial charge in [-0.1, -0.05) is 6.07 Å². The van der Waals surface area contributed by atoms with Crippen molar-refractivity contribution in [1.29, 1.82) is 0 Å². The van der Waals surface area contributed by atoms with Crippen LogP contribution in [-0.2, 0) is 20.1 Å². The summed E-state index contributed by atoms with van der Waals surface area (Å²) in [5, 5.41) is 0. The lowest BCUT2D eigenvalue weighted by Crippen LogP contribution is -2.31. The van der Waals surface area contributed by atoms with Gasteiger partial charge in [-0.25, -0.2) is 15.8 Å². The van der Waals surface area contributed by atoms with Crippen LogP contribution < -0.4 is 11.3 Å². The van der Waals surface area contributed by atoms with Crippen molar-refractivity contribution in [3.8, 4) is 0 Å². The van der Waals surface area contributed by atoms with Gasteiger partial charge in [0.15, 0.2) is 0 Å². The Morgan fingerprint density at radius 3 is 2.90 bits per heavy atom. The number of imidazole rings is 1. The zero-order valence-electron chi connectivity index (χ0n) is 11.6. The van der Waals surface area contributed by atoms with Crippen molar-refractivity contribution in [2.45, 2.75) is 13.1 Å². The van der Waals surface area contributed by atoms with Crippen LogP contribution in [0.3, 0.4) is 0 Å². The van der Waals surface area contributed by atoms with Gasteiger partial charge >= 0.3 is 0 Å². The monoisotopic (exact) mass is 274 g/mol. The Kier molecular flexibility index (Phi) is 4.44. The Morgan fingerprint density at radius 2 is 2.25 bits per heavy atom. The van der Waals surface area contributed by atoms with Gasteiger partial charge in [-0.3, -0.25) is 15.1 Å². The average Bonchev–Trinajstić information content (AvgIpc) is 2.83. The molecule has 0 aliphatic heterocycles.